The van der Waals surface area contributed by atoms with Gasteiger partial charge in [0.1, 0.15) is 6.04 Å². The molecule has 1 amide bonds. The van der Waals surface area contributed by atoms with Crippen LogP contribution in [0.25, 0.3) is 0 Å². The molecule has 0 aliphatic carbocycles. The molecule has 6 nitrogen and oxygen atoms in total. The minimum absolute atomic E-state index is 0.226. The second-order valence-corrected chi connectivity index (χ2v) is 4.07. The van der Waals surface area contributed by atoms with Crippen molar-refractivity contribution in [2.75, 3.05) is 19.6 Å². The van der Waals surface area contributed by atoms with Crippen LogP contribution in [0.15, 0.2) is 12.3 Å². The Morgan fingerprint density at radius 2 is 2.56 bits per heavy atom. The van der Waals surface area contributed by atoms with Gasteiger partial charge in [-0.05, 0) is 6.07 Å². The van der Waals surface area contributed by atoms with Crippen LogP contribution in [0.2, 0.25) is 0 Å². The summed E-state index contributed by atoms with van der Waals surface area (Å²) in [6.07, 6.45) is 1.90. The number of carbonyl (C=O) groups is 1. The van der Waals surface area contributed by atoms with Crippen molar-refractivity contribution in [1.29, 1.82) is 0 Å². The van der Waals surface area contributed by atoms with Crippen molar-refractivity contribution < 1.29 is 4.79 Å². The van der Waals surface area contributed by atoms with Gasteiger partial charge in [0.2, 0.25) is 5.91 Å². The standard InChI is InChI=1S/C10H17N5O/c1-14-4-2-8(13-14)7-15-5-3-12-6-9(15)10(11)16/h2,4,9,12H,3,5-7H2,1H3,(H2,11,16). The Morgan fingerprint density at radius 3 is 3.19 bits per heavy atom. The molecule has 1 fully saturated rings. The summed E-state index contributed by atoms with van der Waals surface area (Å²) in [6, 6.07) is 1.73. The second-order valence-electron chi connectivity index (χ2n) is 4.07. The maximum Gasteiger partial charge on any atom is 0.236 e. The maximum absolute atomic E-state index is 11.3. The van der Waals surface area contributed by atoms with Gasteiger partial charge in [-0.2, -0.15) is 5.10 Å². The van der Waals surface area contributed by atoms with Gasteiger partial charge in [0.25, 0.3) is 0 Å². The van der Waals surface area contributed by atoms with Crippen molar-refractivity contribution in [2.45, 2.75) is 12.6 Å². The van der Waals surface area contributed by atoms with Gasteiger partial charge in [-0.15, -0.1) is 0 Å². The Balaban J connectivity index is 2.03. The maximum atomic E-state index is 11.3. The van der Waals surface area contributed by atoms with Crippen LogP contribution in [-0.2, 0) is 18.4 Å². The van der Waals surface area contributed by atoms with E-state index in [2.05, 4.69) is 15.3 Å². The number of nitrogens with one attached hydrogen (secondary N) is 1. The normalized spacial score (nSPS) is 22.2. The van der Waals surface area contributed by atoms with E-state index in [9.17, 15) is 4.79 Å². The zero-order valence-corrected chi connectivity index (χ0v) is 9.39. The van der Waals surface area contributed by atoms with Crippen molar-refractivity contribution in [3.05, 3.63) is 18.0 Å². The third kappa shape index (κ3) is 2.40. The molecule has 0 aromatic carbocycles. The Labute approximate surface area is 94.4 Å². The molecular formula is C10H17N5O. The van der Waals surface area contributed by atoms with E-state index >= 15 is 0 Å². The zero-order chi connectivity index (χ0) is 11.5. The molecule has 1 saturated heterocycles. The highest BCUT2D eigenvalue weighted by atomic mass is 16.1. The number of hydrogen-bond donors (Lipinski definition) is 2. The van der Waals surface area contributed by atoms with Crippen LogP contribution in [0.3, 0.4) is 0 Å². The lowest BCUT2D eigenvalue weighted by atomic mass is 10.1. The van der Waals surface area contributed by atoms with Crippen molar-refractivity contribution in [3.8, 4) is 0 Å². The van der Waals surface area contributed by atoms with Crippen molar-refractivity contribution >= 4 is 5.91 Å². The van der Waals surface area contributed by atoms with Crippen LogP contribution < -0.4 is 11.1 Å². The molecule has 1 unspecified atom stereocenters. The summed E-state index contributed by atoms with van der Waals surface area (Å²) in [5.41, 5.74) is 6.34. The average molecular weight is 223 g/mol. The van der Waals surface area contributed by atoms with E-state index in [1.807, 2.05) is 19.3 Å². The molecule has 88 valence electrons. The second kappa shape index (κ2) is 4.63. The van der Waals surface area contributed by atoms with Crippen molar-refractivity contribution in [3.63, 3.8) is 0 Å². The van der Waals surface area contributed by atoms with Crippen LogP contribution in [0.5, 0.6) is 0 Å². The third-order valence-corrected chi connectivity index (χ3v) is 2.82. The van der Waals surface area contributed by atoms with Gasteiger partial charge in [-0.3, -0.25) is 14.4 Å². The monoisotopic (exact) mass is 223 g/mol. The van der Waals surface area contributed by atoms with Crippen LogP contribution in [0.1, 0.15) is 5.69 Å². The van der Waals surface area contributed by atoms with Crippen LogP contribution in [0.4, 0.5) is 0 Å². The molecule has 16 heavy (non-hydrogen) atoms. The van der Waals surface area contributed by atoms with Gasteiger partial charge in [-0.25, -0.2) is 0 Å². The molecule has 0 saturated carbocycles. The van der Waals surface area contributed by atoms with Crippen molar-refractivity contribution in [1.82, 2.24) is 20.0 Å². The van der Waals surface area contributed by atoms with Gasteiger partial charge in [-0.1, -0.05) is 0 Å². The Kier molecular flexibility index (Phi) is 3.21. The summed E-state index contributed by atoms with van der Waals surface area (Å²) in [5, 5.41) is 7.47. The predicted molar refractivity (Wildman–Crippen MR) is 59.5 cm³/mol. The summed E-state index contributed by atoms with van der Waals surface area (Å²) in [4.78, 5) is 13.3. The van der Waals surface area contributed by atoms with Crippen LogP contribution in [0, 0.1) is 0 Å². The first-order valence-corrected chi connectivity index (χ1v) is 5.39. The highest BCUT2D eigenvalue weighted by molar-refractivity contribution is 5.80. The summed E-state index contributed by atoms with van der Waals surface area (Å²) in [7, 11) is 1.88. The number of rotatable bonds is 3. The molecule has 2 rings (SSSR count). The molecule has 1 aromatic rings. The summed E-state index contributed by atoms with van der Waals surface area (Å²) >= 11 is 0. The van der Waals surface area contributed by atoms with Crippen LogP contribution >= 0.6 is 0 Å². The molecule has 1 aromatic heterocycles. The number of carbonyl (C=O) groups excluding carboxylic acids is 1. The Bertz CT molecular complexity index is 375. The fourth-order valence-corrected chi connectivity index (χ4v) is 1.97. The molecule has 3 N–H and O–H groups in total. The van der Waals surface area contributed by atoms with Gasteiger partial charge >= 0.3 is 0 Å². The van der Waals surface area contributed by atoms with E-state index in [4.69, 9.17) is 5.73 Å². The first kappa shape index (κ1) is 11.1. The molecule has 1 aliphatic heterocycles. The van der Waals surface area contributed by atoms with Gasteiger partial charge in [0.15, 0.2) is 0 Å². The minimum atomic E-state index is -0.275. The first-order chi connectivity index (χ1) is 7.66. The number of nitrogens with two attached hydrogens (primary N) is 1. The molecule has 1 aliphatic rings. The van der Waals surface area contributed by atoms with Gasteiger partial charge in [0, 0.05) is 39.4 Å². The number of primary amides is 1. The Morgan fingerprint density at radius 1 is 1.75 bits per heavy atom. The fourth-order valence-electron chi connectivity index (χ4n) is 1.97. The zero-order valence-electron chi connectivity index (χ0n) is 9.39. The number of piperazine rings is 1. The summed E-state index contributed by atoms with van der Waals surface area (Å²) in [5.74, 6) is -0.275. The predicted octanol–water partition coefficient (Wildman–Crippen LogP) is -1.32. The molecule has 2 heterocycles. The largest absolute Gasteiger partial charge is 0.368 e. The fraction of sp³-hybridized carbons (Fsp3) is 0.600. The van der Waals surface area contributed by atoms with Crippen molar-refractivity contribution in [2.24, 2.45) is 12.8 Å². The number of aromatic nitrogens is 2. The number of aryl methyl sites for hydroxylation is 1. The number of hydrogen-bond acceptors (Lipinski definition) is 4. The molecule has 0 spiro atoms. The van der Waals surface area contributed by atoms with E-state index < -0.39 is 0 Å². The van der Waals surface area contributed by atoms with E-state index in [0.29, 0.717) is 13.1 Å². The molecule has 0 radical (unpaired) electrons. The van der Waals surface area contributed by atoms with Gasteiger partial charge < -0.3 is 11.1 Å². The quantitative estimate of drug-likeness (QED) is 0.666. The van der Waals surface area contributed by atoms with E-state index in [-0.39, 0.29) is 11.9 Å². The Hall–Kier alpha value is -1.40. The van der Waals surface area contributed by atoms with Gasteiger partial charge in [0.05, 0.1) is 5.69 Å². The summed E-state index contributed by atoms with van der Waals surface area (Å²) in [6.45, 7) is 3.01. The lowest BCUT2D eigenvalue weighted by Gasteiger charge is -2.33. The van der Waals surface area contributed by atoms with E-state index in [1.165, 1.54) is 0 Å². The van der Waals surface area contributed by atoms with E-state index in [1.54, 1.807) is 4.68 Å². The summed E-state index contributed by atoms with van der Waals surface area (Å²) < 4.78 is 1.76. The molecular weight excluding hydrogens is 206 g/mol. The third-order valence-electron chi connectivity index (χ3n) is 2.82. The first-order valence-electron chi connectivity index (χ1n) is 5.39. The molecule has 0 bridgehead atoms. The SMILES string of the molecule is Cn1ccc(CN2CCNCC2C(N)=O)n1. The highest BCUT2D eigenvalue weighted by Gasteiger charge is 2.26. The lowest BCUT2D eigenvalue weighted by molar-refractivity contribution is -0.124. The topological polar surface area (TPSA) is 76.2 Å². The number of nitrogens with zero attached hydrogens (tertiary/aromatic N) is 3. The molecule has 1 atom stereocenters. The van der Waals surface area contributed by atoms with E-state index in [0.717, 1.165) is 18.8 Å². The smallest absolute Gasteiger partial charge is 0.236 e. The average Bonchev–Trinajstić information content (AvgIpc) is 2.64. The number of amides is 1. The molecule has 6 heteroatoms. The minimum Gasteiger partial charge on any atom is -0.368 e. The lowest BCUT2D eigenvalue weighted by Crippen LogP contribution is -2.56. The van der Waals surface area contributed by atoms with Crippen LogP contribution in [-0.4, -0.2) is 46.3 Å². The highest BCUT2D eigenvalue weighted by Crippen LogP contribution is 2.08.